The lowest BCUT2D eigenvalue weighted by Gasteiger charge is -2.08. The number of hydrogen-bond acceptors (Lipinski definition) is 6. The van der Waals surface area contributed by atoms with Crippen LogP contribution in [0, 0.1) is 13.8 Å². The minimum atomic E-state index is -0.176. The summed E-state index contributed by atoms with van der Waals surface area (Å²) in [5, 5.41) is 6.71. The van der Waals surface area contributed by atoms with Gasteiger partial charge in [0, 0.05) is 30.7 Å². The van der Waals surface area contributed by atoms with E-state index >= 15 is 0 Å². The van der Waals surface area contributed by atoms with Gasteiger partial charge in [0.1, 0.15) is 4.88 Å². The number of benzene rings is 1. The lowest BCUT2D eigenvalue weighted by molar-refractivity contribution is 0.103. The van der Waals surface area contributed by atoms with Crippen molar-refractivity contribution >= 4 is 28.1 Å². The second-order valence-electron chi connectivity index (χ2n) is 5.74. The highest BCUT2D eigenvalue weighted by Gasteiger charge is 2.11. The molecule has 0 saturated heterocycles. The van der Waals surface area contributed by atoms with E-state index in [2.05, 4.69) is 20.6 Å². The Bertz CT molecular complexity index is 885. The largest absolute Gasteiger partial charge is 0.383 e. The molecule has 7 nitrogen and oxygen atoms in total. The second kappa shape index (κ2) is 8.11. The maximum Gasteiger partial charge on any atom is 0.267 e. The second-order valence-corrected chi connectivity index (χ2v) is 6.77. The van der Waals surface area contributed by atoms with Gasteiger partial charge < -0.3 is 19.9 Å². The van der Waals surface area contributed by atoms with Crippen molar-refractivity contribution in [2.24, 2.45) is 0 Å². The number of carbonyl (C=O) groups excluding carboxylic acids is 1. The molecule has 0 atom stereocenters. The average Bonchev–Trinajstić information content (AvgIpc) is 3.24. The lowest BCUT2D eigenvalue weighted by Crippen LogP contribution is -2.10. The molecule has 0 saturated carbocycles. The van der Waals surface area contributed by atoms with Crippen LogP contribution < -0.4 is 10.6 Å². The molecule has 26 heavy (non-hydrogen) atoms. The molecular formula is C18H21N5O2S. The van der Waals surface area contributed by atoms with Crippen molar-refractivity contribution in [3.05, 3.63) is 53.1 Å². The first kappa shape index (κ1) is 18.1. The summed E-state index contributed by atoms with van der Waals surface area (Å²) in [6.07, 6.45) is 3.37. The van der Waals surface area contributed by atoms with E-state index in [-0.39, 0.29) is 5.91 Å². The highest BCUT2D eigenvalue weighted by molar-refractivity contribution is 7.17. The zero-order chi connectivity index (χ0) is 18.5. The van der Waals surface area contributed by atoms with Gasteiger partial charge >= 0.3 is 0 Å². The lowest BCUT2D eigenvalue weighted by atomic mass is 10.2. The first-order valence-corrected chi connectivity index (χ1v) is 9.01. The summed E-state index contributed by atoms with van der Waals surface area (Å²) in [7, 11) is 1.64. The molecule has 1 aromatic carbocycles. The predicted octanol–water partition coefficient (Wildman–Crippen LogP) is 3.26. The highest BCUT2D eigenvalue weighted by Crippen LogP contribution is 2.21. The summed E-state index contributed by atoms with van der Waals surface area (Å²) in [6, 6.07) is 7.66. The molecule has 0 spiro atoms. The number of hydrogen-bond donors (Lipinski definition) is 2. The minimum absolute atomic E-state index is 0.176. The minimum Gasteiger partial charge on any atom is -0.383 e. The molecule has 3 rings (SSSR count). The quantitative estimate of drug-likeness (QED) is 0.623. The molecule has 2 aromatic heterocycles. The van der Waals surface area contributed by atoms with Crippen LogP contribution in [0.4, 0.5) is 10.8 Å². The third-order valence-corrected chi connectivity index (χ3v) is 4.92. The molecule has 8 heteroatoms. The average molecular weight is 371 g/mol. The van der Waals surface area contributed by atoms with Gasteiger partial charge in [0.2, 0.25) is 0 Å². The van der Waals surface area contributed by atoms with Crippen LogP contribution >= 0.6 is 11.3 Å². The zero-order valence-corrected chi connectivity index (χ0v) is 15.8. The van der Waals surface area contributed by atoms with Crippen LogP contribution in [0.1, 0.15) is 21.1 Å². The van der Waals surface area contributed by atoms with E-state index in [0.29, 0.717) is 23.2 Å². The highest BCUT2D eigenvalue weighted by atomic mass is 32.1. The number of rotatable bonds is 7. The molecule has 136 valence electrons. The molecule has 3 aromatic rings. The number of ether oxygens (including phenoxy) is 1. The Hall–Kier alpha value is -2.71. The van der Waals surface area contributed by atoms with E-state index in [1.54, 1.807) is 19.6 Å². The van der Waals surface area contributed by atoms with Gasteiger partial charge in [0.25, 0.3) is 5.91 Å². The molecule has 0 bridgehead atoms. The maximum atomic E-state index is 12.4. The maximum absolute atomic E-state index is 12.4. The van der Waals surface area contributed by atoms with Crippen molar-refractivity contribution in [2.45, 2.75) is 13.8 Å². The van der Waals surface area contributed by atoms with E-state index in [4.69, 9.17) is 4.74 Å². The van der Waals surface area contributed by atoms with Gasteiger partial charge in [-0.2, -0.15) is 0 Å². The van der Waals surface area contributed by atoms with Crippen molar-refractivity contribution in [3.63, 3.8) is 0 Å². The first-order chi connectivity index (χ1) is 12.6. The van der Waals surface area contributed by atoms with Gasteiger partial charge in [-0.15, -0.1) is 0 Å². The number of amides is 1. The summed E-state index contributed by atoms with van der Waals surface area (Å²) in [6.45, 7) is 5.25. The summed E-state index contributed by atoms with van der Waals surface area (Å²) >= 11 is 1.31. The van der Waals surface area contributed by atoms with Crippen LogP contribution in [-0.4, -0.2) is 40.7 Å². The Morgan fingerprint density at radius 1 is 1.23 bits per heavy atom. The third-order valence-electron chi connectivity index (χ3n) is 3.97. The van der Waals surface area contributed by atoms with Crippen molar-refractivity contribution < 1.29 is 9.53 Å². The van der Waals surface area contributed by atoms with E-state index in [9.17, 15) is 4.79 Å². The van der Waals surface area contributed by atoms with Crippen LogP contribution in [0.15, 0.2) is 36.8 Å². The molecule has 0 aliphatic carbocycles. The van der Waals surface area contributed by atoms with Crippen LogP contribution in [0.2, 0.25) is 0 Å². The summed E-state index contributed by atoms with van der Waals surface area (Å²) < 4.78 is 6.99. The van der Waals surface area contributed by atoms with E-state index < -0.39 is 0 Å². The number of aryl methyl sites for hydroxylation is 1. The van der Waals surface area contributed by atoms with E-state index in [0.717, 1.165) is 22.8 Å². The van der Waals surface area contributed by atoms with Crippen molar-refractivity contribution in [1.29, 1.82) is 0 Å². The fourth-order valence-corrected chi connectivity index (χ4v) is 3.11. The first-order valence-electron chi connectivity index (χ1n) is 8.19. The summed E-state index contributed by atoms with van der Waals surface area (Å²) in [5.41, 5.74) is 3.83. The van der Waals surface area contributed by atoms with Crippen LogP contribution in [-0.2, 0) is 4.74 Å². The predicted molar refractivity (Wildman–Crippen MR) is 103 cm³/mol. The Morgan fingerprint density at radius 3 is 2.65 bits per heavy atom. The monoisotopic (exact) mass is 371 g/mol. The van der Waals surface area contributed by atoms with Crippen LogP contribution in [0.3, 0.4) is 0 Å². The molecule has 0 unspecified atom stereocenters. The number of anilines is 2. The smallest absolute Gasteiger partial charge is 0.267 e. The molecule has 1 amide bonds. The van der Waals surface area contributed by atoms with Gasteiger partial charge in [0.05, 0.1) is 24.8 Å². The normalized spacial score (nSPS) is 10.7. The van der Waals surface area contributed by atoms with Crippen LogP contribution in [0.25, 0.3) is 5.69 Å². The number of nitrogens with one attached hydrogen (secondary N) is 2. The Balaban J connectivity index is 1.63. The summed E-state index contributed by atoms with van der Waals surface area (Å²) in [5.74, 6) is -0.176. The zero-order valence-electron chi connectivity index (χ0n) is 14.9. The van der Waals surface area contributed by atoms with Crippen LogP contribution in [0.5, 0.6) is 0 Å². The number of imidazole rings is 1. The molecule has 0 aliphatic heterocycles. The topological polar surface area (TPSA) is 81.1 Å². The molecule has 2 N–H and O–H groups in total. The fraction of sp³-hybridized carbons (Fsp3) is 0.278. The molecule has 2 heterocycles. The van der Waals surface area contributed by atoms with E-state index in [1.165, 1.54) is 11.3 Å². The number of nitrogens with zero attached hydrogens (tertiary/aromatic N) is 3. The Kier molecular flexibility index (Phi) is 5.65. The number of carbonyl (C=O) groups is 1. The third kappa shape index (κ3) is 4.09. The standard InChI is InChI=1S/C18H21N5O2S/c1-12-13(2)23(11-21-12)15-6-4-14(5-7-15)22-17(24)16-10-20-18(26-16)19-8-9-25-3/h4-7,10-11H,8-9H2,1-3H3,(H,19,20)(H,22,24). The molecular weight excluding hydrogens is 350 g/mol. The summed E-state index contributed by atoms with van der Waals surface area (Å²) in [4.78, 5) is 21.4. The number of aromatic nitrogens is 3. The number of thiazole rings is 1. The van der Waals surface area contributed by atoms with Crippen molar-refractivity contribution in [2.75, 3.05) is 30.9 Å². The van der Waals surface area contributed by atoms with Crippen molar-refractivity contribution in [1.82, 2.24) is 14.5 Å². The van der Waals surface area contributed by atoms with Gasteiger partial charge in [-0.1, -0.05) is 11.3 Å². The van der Waals surface area contributed by atoms with Crippen molar-refractivity contribution in [3.8, 4) is 5.69 Å². The van der Waals surface area contributed by atoms with Gasteiger partial charge in [-0.25, -0.2) is 9.97 Å². The molecule has 0 radical (unpaired) electrons. The Morgan fingerprint density at radius 2 is 2.00 bits per heavy atom. The molecule has 0 aliphatic rings. The van der Waals surface area contributed by atoms with Gasteiger partial charge in [0.15, 0.2) is 5.13 Å². The van der Waals surface area contributed by atoms with Gasteiger partial charge in [-0.3, -0.25) is 4.79 Å². The number of methoxy groups -OCH3 is 1. The Labute approximate surface area is 156 Å². The SMILES string of the molecule is COCCNc1ncc(C(=O)Nc2ccc(-n3cnc(C)c3C)cc2)s1. The van der Waals surface area contributed by atoms with E-state index in [1.807, 2.05) is 42.7 Å². The van der Waals surface area contributed by atoms with Gasteiger partial charge in [-0.05, 0) is 38.1 Å². The fourth-order valence-electron chi connectivity index (χ4n) is 2.38. The molecule has 0 fully saturated rings.